The Morgan fingerprint density at radius 1 is 1.35 bits per heavy atom. The van der Waals surface area contributed by atoms with Gasteiger partial charge in [0, 0.05) is 48.1 Å². The fourth-order valence-corrected chi connectivity index (χ4v) is 2.58. The lowest BCUT2D eigenvalue weighted by atomic mass is 10.2. The summed E-state index contributed by atoms with van der Waals surface area (Å²) in [6.07, 6.45) is 0.958. The Balaban J connectivity index is 2.29. The van der Waals surface area contributed by atoms with Crippen LogP contribution >= 0.6 is 0 Å². The van der Waals surface area contributed by atoms with Crippen molar-refractivity contribution in [2.24, 2.45) is 0 Å². The summed E-state index contributed by atoms with van der Waals surface area (Å²) in [4.78, 5) is 11.7. The number of nitrogens with one attached hydrogen (secondary N) is 1. The molecule has 0 saturated carbocycles. The van der Waals surface area contributed by atoms with Crippen LogP contribution in [0.25, 0.3) is 0 Å². The first kappa shape index (κ1) is 16.3. The monoisotopic (exact) mass is 294 g/mol. The largest absolute Gasteiger partial charge is 0.385 e. The van der Waals surface area contributed by atoms with Crippen LogP contribution in [-0.2, 0) is 20.3 Å². The van der Waals surface area contributed by atoms with E-state index in [0.29, 0.717) is 29.4 Å². The SMILES string of the molecule is COCCCS(=O)CCC(=O)Nc1ccc(C#N)cc1. The zero-order valence-electron chi connectivity index (χ0n) is 11.4. The molecule has 0 aliphatic rings. The lowest BCUT2D eigenvalue weighted by Crippen LogP contribution is -2.16. The maximum Gasteiger partial charge on any atom is 0.225 e. The molecule has 1 N–H and O–H groups in total. The average molecular weight is 294 g/mol. The predicted molar refractivity (Wildman–Crippen MR) is 78.8 cm³/mol. The minimum Gasteiger partial charge on any atom is -0.385 e. The summed E-state index contributed by atoms with van der Waals surface area (Å²) < 4.78 is 16.5. The number of anilines is 1. The van der Waals surface area contributed by atoms with Crippen LogP contribution in [0.1, 0.15) is 18.4 Å². The molecule has 0 radical (unpaired) electrons. The molecule has 0 aromatic heterocycles. The van der Waals surface area contributed by atoms with E-state index in [2.05, 4.69) is 5.32 Å². The Labute approximate surface area is 121 Å². The summed E-state index contributed by atoms with van der Waals surface area (Å²) >= 11 is 0. The summed E-state index contributed by atoms with van der Waals surface area (Å²) in [5.74, 6) is 0.735. The average Bonchev–Trinajstić information content (AvgIpc) is 2.46. The zero-order chi connectivity index (χ0) is 14.8. The van der Waals surface area contributed by atoms with E-state index >= 15 is 0 Å². The molecule has 0 bridgehead atoms. The second-order valence-electron chi connectivity index (χ2n) is 4.18. The first-order valence-corrected chi connectivity index (χ1v) is 7.78. The molecule has 1 amide bonds. The van der Waals surface area contributed by atoms with Gasteiger partial charge >= 0.3 is 0 Å². The maximum absolute atomic E-state index is 11.7. The topological polar surface area (TPSA) is 79.2 Å². The van der Waals surface area contributed by atoms with Crippen molar-refractivity contribution >= 4 is 22.4 Å². The molecule has 0 aliphatic carbocycles. The Morgan fingerprint density at radius 3 is 2.65 bits per heavy atom. The van der Waals surface area contributed by atoms with E-state index < -0.39 is 10.8 Å². The summed E-state index contributed by atoms with van der Waals surface area (Å²) in [6.45, 7) is 0.586. The predicted octanol–water partition coefficient (Wildman–Crippen LogP) is 1.67. The van der Waals surface area contributed by atoms with E-state index in [1.807, 2.05) is 6.07 Å². The van der Waals surface area contributed by atoms with Crippen LogP contribution in [0.5, 0.6) is 0 Å². The number of nitriles is 1. The maximum atomic E-state index is 11.7. The van der Waals surface area contributed by atoms with E-state index in [1.54, 1.807) is 31.4 Å². The molecule has 0 spiro atoms. The van der Waals surface area contributed by atoms with E-state index in [9.17, 15) is 9.00 Å². The van der Waals surface area contributed by atoms with E-state index in [0.717, 1.165) is 6.42 Å². The van der Waals surface area contributed by atoms with Gasteiger partial charge in [-0.05, 0) is 30.7 Å². The molecular formula is C14H18N2O3S. The summed E-state index contributed by atoms with van der Waals surface area (Å²) in [5.41, 5.74) is 1.18. The minimum absolute atomic E-state index is 0.171. The number of hydrogen-bond donors (Lipinski definition) is 1. The van der Waals surface area contributed by atoms with E-state index in [-0.39, 0.29) is 12.3 Å². The fraction of sp³-hybridized carbons (Fsp3) is 0.429. The molecule has 1 aromatic rings. The number of rotatable bonds is 8. The highest BCUT2D eigenvalue weighted by Gasteiger charge is 2.06. The highest BCUT2D eigenvalue weighted by Crippen LogP contribution is 2.09. The molecule has 0 heterocycles. The van der Waals surface area contributed by atoms with Crippen molar-refractivity contribution in [3.8, 4) is 6.07 Å². The first-order valence-electron chi connectivity index (χ1n) is 6.29. The van der Waals surface area contributed by atoms with Crippen LogP contribution in [0, 0.1) is 11.3 Å². The number of carbonyl (C=O) groups is 1. The van der Waals surface area contributed by atoms with Gasteiger partial charge in [-0.15, -0.1) is 0 Å². The summed E-state index contributed by atoms with van der Waals surface area (Å²) in [7, 11) is 0.616. The van der Waals surface area contributed by atoms with E-state index in [1.165, 1.54) is 0 Å². The van der Waals surface area contributed by atoms with Crippen LogP contribution in [0.3, 0.4) is 0 Å². The molecule has 108 valence electrons. The first-order chi connectivity index (χ1) is 9.65. The van der Waals surface area contributed by atoms with Gasteiger partial charge in [-0.2, -0.15) is 5.26 Å². The van der Waals surface area contributed by atoms with Crippen molar-refractivity contribution in [1.29, 1.82) is 5.26 Å². The number of methoxy groups -OCH3 is 1. The molecule has 1 unspecified atom stereocenters. The number of ether oxygens (including phenoxy) is 1. The van der Waals surface area contributed by atoms with Gasteiger partial charge in [0.1, 0.15) is 0 Å². The quantitative estimate of drug-likeness (QED) is 0.740. The minimum atomic E-state index is -0.989. The Morgan fingerprint density at radius 2 is 2.05 bits per heavy atom. The normalized spacial score (nSPS) is 11.6. The van der Waals surface area contributed by atoms with Crippen LogP contribution in [0.15, 0.2) is 24.3 Å². The highest BCUT2D eigenvalue weighted by molar-refractivity contribution is 7.84. The zero-order valence-corrected chi connectivity index (χ0v) is 12.2. The molecule has 6 heteroatoms. The van der Waals surface area contributed by atoms with Gasteiger partial charge in [0.05, 0.1) is 11.6 Å². The number of amides is 1. The number of benzene rings is 1. The van der Waals surface area contributed by atoms with Crippen molar-refractivity contribution in [3.05, 3.63) is 29.8 Å². The molecular weight excluding hydrogens is 276 g/mol. The standard InChI is InChI=1S/C14H18N2O3S/c1-19-8-2-9-20(18)10-7-14(17)16-13-5-3-12(11-15)4-6-13/h3-6H,2,7-10H2,1H3,(H,16,17). The molecule has 0 aliphatic heterocycles. The van der Waals surface area contributed by atoms with Crippen molar-refractivity contribution in [1.82, 2.24) is 0 Å². The van der Waals surface area contributed by atoms with Crippen molar-refractivity contribution in [2.75, 3.05) is 30.5 Å². The highest BCUT2D eigenvalue weighted by atomic mass is 32.2. The third-order valence-corrected chi connectivity index (χ3v) is 3.98. The molecule has 1 rings (SSSR count). The number of carbonyl (C=O) groups excluding carboxylic acids is 1. The lowest BCUT2D eigenvalue weighted by Gasteiger charge is -2.05. The van der Waals surface area contributed by atoms with Crippen molar-refractivity contribution < 1.29 is 13.7 Å². The van der Waals surface area contributed by atoms with E-state index in [4.69, 9.17) is 10.00 Å². The number of nitrogens with zero attached hydrogens (tertiary/aromatic N) is 1. The smallest absolute Gasteiger partial charge is 0.225 e. The van der Waals surface area contributed by atoms with Gasteiger partial charge in [0.15, 0.2) is 0 Å². The second kappa shape index (κ2) is 9.23. The second-order valence-corrected chi connectivity index (χ2v) is 5.88. The summed E-state index contributed by atoms with van der Waals surface area (Å²) in [6, 6.07) is 8.63. The van der Waals surface area contributed by atoms with Crippen molar-refractivity contribution in [3.63, 3.8) is 0 Å². The van der Waals surface area contributed by atoms with Crippen LogP contribution in [0.4, 0.5) is 5.69 Å². The van der Waals surface area contributed by atoms with Gasteiger partial charge in [0.25, 0.3) is 0 Å². The third kappa shape index (κ3) is 6.45. The van der Waals surface area contributed by atoms with Gasteiger partial charge < -0.3 is 10.1 Å². The molecule has 1 aromatic carbocycles. The van der Waals surface area contributed by atoms with Gasteiger partial charge in [-0.3, -0.25) is 9.00 Å². The fourth-order valence-electron chi connectivity index (χ4n) is 1.52. The lowest BCUT2D eigenvalue weighted by molar-refractivity contribution is -0.115. The molecule has 0 saturated heterocycles. The van der Waals surface area contributed by atoms with Gasteiger partial charge in [-0.1, -0.05) is 0 Å². The van der Waals surface area contributed by atoms with Crippen LogP contribution in [-0.4, -0.2) is 35.3 Å². The Bertz CT molecular complexity index is 494. The molecule has 1 atom stereocenters. The van der Waals surface area contributed by atoms with Crippen molar-refractivity contribution in [2.45, 2.75) is 12.8 Å². The Hall–Kier alpha value is -1.71. The van der Waals surface area contributed by atoms with Gasteiger partial charge in [0.2, 0.25) is 5.91 Å². The number of hydrogen-bond acceptors (Lipinski definition) is 4. The third-order valence-electron chi connectivity index (χ3n) is 2.58. The van der Waals surface area contributed by atoms with Crippen LogP contribution < -0.4 is 5.32 Å². The molecule has 5 nitrogen and oxygen atoms in total. The summed E-state index contributed by atoms with van der Waals surface area (Å²) in [5, 5.41) is 11.4. The van der Waals surface area contributed by atoms with Gasteiger partial charge in [-0.25, -0.2) is 0 Å². The molecule has 20 heavy (non-hydrogen) atoms. The van der Waals surface area contributed by atoms with Crippen LogP contribution in [0.2, 0.25) is 0 Å². The molecule has 0 fully saturated rings. The Kier molecular flexibility index (Phi) is 7.55.